The van der Waals surface area contributed by atoms with Gasteiger partial charge in [-0.25, -0.2) is 4.79 Å². The molecule has 4 nitrogen and oxygen atoms in total. The molecule has 1 amide bonds. The van der Waals surface area contributed by atoms with Gasteiger partial charge in [-0.2, -0.15) is 0 Å². The van der Waals surface area contributed by atoms with E-state index in [0.29, 0.717) is 17.0 Å². The van der Waals surface area contributed by atoms with Gasteiger partial charge in [-0.15, -0.1) is 0 Å². The van der Waals surface area contributed by atoms with Crippen LogP contribution in [-0.4, -0.2) is 25.0 Å². The van der Waals surface area contributed by atoms with Crippen LogP contribution in [0.15, 0.2) is 24.3 Å². The van der Waals surface area contributed by atoms with Gasteiger partial charge in [0.15, 0.2) is 0 Å². The lowest BCUT2D eigenvalue weighted by molar-refractivity contribution is -0.142. The van der Waals surface area contributed by atoms with Crippen LogP contribution < -0.4 is 5.32 Å². The summed E-state index contributed by atoms with van der Waals surface area (Å²) in [6, 6.07) is 6.01. The molecule has 0 aliphatic heterocycles. The number of hydrogen-bond acceptors (Lipinski definition) is 3. The van der Waals surface area contributed by atoms with Gasteiger partial charge in [0.2, 0.25) is 0 Å². The molecule has 0 saturated heterocycles. The Kier molecular flexibility index (Phi) is 4.97. The quantitative estimate of drug-likeness (QED) is 0.838. The van der Waals surface area contributed by atoms with Gasteiger partial charge in [-0.05, 0) is 18.6 Å². The van der Waals surface area contributed by atoms with Crippen molar-refractivity contribution in [2.45, 2.75) is 19.4 Å². The molecular weight excluding hydrogens is 242 g/mol. The molecule has 1 unspecified atom stereocenters. The highest BCUT2D eigenvalue weighted by Gasteiger charge is 2.20. The molecule has 92 valence electrons. The average Bonchev–Trinajstić information content (AvgIpc) is 2.35. The van der Waals surface area contributed by atoms with Crippen molar-refractivity contribution in [2.75, 3.05) is 7.11 Å². The minimum atomic E-state index is -0.649. The van der Waals surface area contributed by atoms with Gasteiger partial charge in [-0.1, -0.05) is 30.7 Å². The second kappa shape index (κ2) is 6.25. The number of ether oxygens (including phenoxy) is 1. The van der Waals surface area contributed by atoms with Crippen LogP contribution in [0.4, 0.5) is 0 Å². The summed E-state index contributed by atoms with van der Waals surface area (Å²) in [6.45, 7) is 1.79. The lowest BCUT2D eigenvalue weighted by atomic mass is 10.1. The molecule has 0 fully saturated rings. The van der Waals surface area contributed by atoms with Crippen LogP contribution in [0.25, 0.3) is 0 Å². The van der Waals surface area contributed by atoms with Crippen LogP contribution in [0.5, 0.6) is 0 Å². The molecule has 0 heterocycles. The Morgan fingerprint density at radius 2 is 2.06 bits per heavy atom. The third kappa shape index (κ3) is 3.46. The fourth-order valence-electron chi connectivity index (χ4n) is 1.35. The zero-order chi connectivity index (χ0) is 12.8. The van der Waals surface area contributed by atoms with Crippen LogP contribution >= 0.6 is 11.6 Å². The van der Waals surface area contributed by atoms with E-state index in [0.717, 1.165) is 0 Å². The van der Waals surface area contributed by atoms with E-state index < -0.39 is 12.0 Å². The third-order valence-corrected chi connectivity index (χ3v) is 2.65. The number of halogens is 1. The average molecular weight is 256 g/mol. The van der Waals surface area contributed by atoms with Crippen molar-refractivity contribution in [3.8, 4) is 0 Å². The molecule has 0 aliphatic rings. The number of nitrogens with one attached hydrogen (secondary N) is 1. The van der Waals surface area contributed by atoms with Gasteiger partial charge in [0, 0.05) is 0 Å². The summed E-state index contributed by atoms with van der Waals surface area (Å²) < 4.78 is 4.58. The highest BCUT2D eigenvalue weighted by atomic mass is 35.5. The van der Waals surface area contributed by atoms with E-state index >= 15 is 0 Å². The Morgan fingerprint density at radius 1 is 1.41 bits per heavy atom. The van der Waals surface area contributed by atoms with Crippen LogP contribution in [0.3, 0.4) is 0 Å². The molecule has 1 aromatic carbocycles. The maximum Gasteiger partial charge on any atom is 0.328 e. The Balaban J connectivity index is 2.78. The highest BCUT2D eigenvalue weighted by Crippen LogP contribution is 2.14. The number of amides is 1. The second-order valence-corrected chi connectivity index (χ2v) is 3.84. The van der Waals surface area contributed by atoms with Gasteiger partial charge in [0.25, 0.3) is 5.91 Å². The van der Waals surface area contributed by atoms with Crippen molar-refractivity contribution in [1.82, 2.24) is 5.32 Å². The van der Waals surface area contributed by atoms with E-state index in [4.69, 9.17) is 11.6 Å². The molecule has 1 rings (SSSR count). The first-order valence-corrected chi connectivity index (χ1v) is 5.61. The Bertz CT molecular complexity index is 420. The highest BCUT2D eigenvalue weighted by molar-refractivity contribution is 6.33. The third-order valence-electron chi connectivity index (χ3n) is 2.32. The normalized spacial score (nSPS) is 11.7. The van der Waals surface area contributed by atoms with E-state index in [1.165, 1.54) is 7.11 Å². The Hall–Kier alpha value is -1.55. The number of hydrogen-bond donors (Lipinski definition) is 1. The number of benzene rings is 1. The van der Waals surface area contributed by atoms with E-state index in [2.05, 4.69) is 10.1 Å². The summed E-state index contributed by atoms with van der Waals surface area (Å²) in [4.78, 5) is 23.2. The standard InChI is InChI=1S/C12H14ClNO3/c1-3-10(12(16)17-2)14-11(15)8-6-4-5-7-9(8)13/h4-7,10H,3H2,1-2H3,(H,14,15). The summed E-state index contributed by atoms with van der Waals surface area (Å²) in [5.41, 5.74) is 0.344. The van der Waals surface area contributed by atoms with E-state index in [9.17, 15) is 9.59 Å². The maximum atomic E-state index is 11.9. The first-order chi connectivity index (χ1) is 8.10. The van der Waals surface area contributed by atoms with Crippen molar-refractivity contribution in [2.24, 2.45) is 0 Å². The van der Waals surface area contributed by atoms with Crippen molar-refractivity contribution >= 4 is 23.5 Å². The van der Waals surface area contributed by atoms with Crippen molar-refractivity contribution in [3.63, 3.8) is 0 Å². The van der Waals surface area contributed by atoms with Crippen molar-refractivity contribution < 1.29 is 14.3 Å². The second-order valence-electron chi connectivity index (χ2n) is 3.44. The van der Waals surface area contributed by atoms with Gasteiger partial charge < -0.3 is 10.1 Å². The molecule has 17 heavy (non-hydrogen) atoms. The van der Waals surface area contributed by atoms with Crippen LogP contribution in [0, 0.1) is 0 Å². The molecule has 0 aromatic heterocycles. The minimum absolute atomic E-state index is 0.344. The summed E-state index contributed by atoms with van der Waals surface area (Å²) in [5.74, 6) is -0.847. The molecule has 1 aromatic rings. The zero-order valence-corrected chi connectivity index (χ0v) is 10.5. The molecule has 0 spiro atoms. The fourth-order valence-corrected chi connectivity index (χ4v) is 1.57. The van der Waals surface area contributed by atoms with Gasteiger partial charge in [0.1, 0.15) is 6.04 Å². The van der Waals surface area contributed by atoms with E-state index in [1.807, 2.05) is 0 Å². The SMILES string of the molecule is CCC(NC(=O)c1ccccc1Cl)C(=O)OC. The Labute approximate surface area is 105 Å². The molecule has 1 atom stereocenters. The number of methoxy groups -OCH3 is 1. The topological polar surface area (TPSA) is 55.4 Å². The maximum absolute atomic E-state index is 11.9. The van der Waals surface area contributed by atoms with Crippen LogP contribution in [-0.2, 0) is 9.53 Å². The van der Waals surface area contributed by atoms with Gasteiger partial charge in [-0.3, -0.25) is 4.79 Å². The largest absolute Gasteiger partial charge is 0.467 e. The number of rotatable bonds is 4. The molecule has 0 bridgehead atoms. The number of esters is 1. The first kappa shape index (κ1) is 13.5. The van der Waals surface area contributed by atoms with Crippen molar-refractivity contribution in [1.29, 1.82) is 0 Å². The summed E-state index contributed by atoms with van der Waals surface area (Å²) >= 11 is 5.88. The van der Waals surface area contributed by atoms with Crippen LogP contribution in [0.1, 0.15) is 23.7 Å². The molecule has 1 N–H and O–H groups in total. The smallest absolute Gasteiger partial charge is 0.328 e. The van der Waals surface area contributed by atoms with Crippen molar-refractivity contribution in [3.05, 3.63) is 34.9 Å². The lowest BCUT2D eigenvalue weighted by Crippen LogP contribution is -2.41. The number of carbonyl (C=O) groups is 2. The fraction of sp³-hybridized carbons (Fsp3) is 0.333. The Morgan fingerprint density at radius 3 is 2.59 bits per heavy atom. The molecule has 0 radical (unpaired) electrons. The summed E-state index contributed by atoms with van der Waals surface area (Å²) in [5, 5.41) is 2.93. The molecule has 5 heteroatoms. The van der Waals surface area contributed by atoms with Crippen LogP contribution in [0.2, 0.25) is 5.02 Å². The first-order valence-electron chi connectivity index (χ1n) is 5.23. The molecular formula is C12H14ClNO3. The van der Waals surface area contributed by atoms with E-state index in [-0.39, 0.29) is 5.91 Å². The minimum Gasteiger partial charge on any atom is -0.467 e. The predicted molar refractivity (Wildman–Crippen MR) is 65.0 cm³/mol. The summed E-state index contributed by atoms with van der Waals surface area (Å²) in [6.07, 6.45) is 0.461. The van der Waals surface area contributed by atoms with E-state index in [1.54, 1.807) is 31.2 Å². The van der Waals surface area contributed by atoms with Gasteiger partial charge in [0.05, 0.1) is 17.7 Å². The molecule has 0 saturated carbocycles. The number of carbonyl (C=O) groups excluding carboxylic acids is 2. The lowest BCUT2D eigenvalue weighted by Gasteiger charge is -2.14. The predicted octanol–water partition coefficient (Wildman–Crippen LogP) is 2.02. The summed E-state index contributed by atoms with van der Waals surface area (Å²) in [7, 11) is 1.28. The zero-order valence-electron chi connectivity index (χ0n) is 9.70. The van der Waals surface area contributed by atoms with Gasteiger partial charge >= 0.3 is 5.97 Å². The monoisotopic (exact) mass is 255 g/mol. The molecule has 0 aliphatic carbocycles.